The van der Waals surface area contributed by atoms with Crippen LogP contribution < -0.4 is 5.56 Å². The quantitative estimate of drug-likeness (QED) is 0.693. The number of morpholine rings is 1. The number of rotatable bonds is 2. The summed E-state index contributed by atoms with van der Waals surface area (Å²) in [6.45, 7) is 7.49. The van der Waals surface area contributed by atoms with Gasteiger partial charge in [-0.2, -0.15) is 0 Å². The van der Waals surface area contributed by atoms with Gasteiger partial charge in [0.1, 0.15) is 6.04 Å². The maximum Gasteiger partial charge on any atom is 0.251 e. The Hall–Kier alpha value is -2.19. The fraction of sp³-hybridized carbons (Fsp3) is 0.667. The topological polar surface area (TPSA) is 75.1 Å². The number of nitrogens with zero attached hydrogens (tertiary/aromatic N) is 4. The molecule has 5 rings (SSSR count). The second kappa shape index (κ2) is 7.25. The van der Waals surface area contributed by atoms with Crippen LogP contribution in [0, 0.1) is 5.92 Å². The van der Waals surface area contributed by atoms with E-state index in [2.05, 4.69) is 4.90 Å². The highest BCUT2D eigenvalue weighted by Crippen LogP contribution is 2.42. The van der Waals surface area contributed by atoms with E-state index in [0.29, 0.717) is 32.2 Å². The number of amides is 2. The normalized spacial score (nSPS) is 29.9. The molecule has 156 valence electrons. The smallest absolute Gasteiger partial charge is 0.251 e. The molecule has 5 heterocycles. The Labute approximate surface area is 170 Å². The first-order valence-corrected chi connectivity index (χ1v) is 10.6. The summed E-state index contributed by atoms with van der Waals surface area (Å²) >= 11 is 0. The summed E-state index contributed by atoms with van der Waals surface area (Å²) in [7, 11) is 0. The van der Waals surface area contributed by atoms with Gasteiger partial charge in [0.05, 0.1) is 13.2 Å². The summed E-state index contributed by atoms with van der Waals surface area (Å²) in [6.07, 6.45) is 0.852. The Morgan fingerprint density at radius 1 is 1.03 bits per heavy atom. The van der Waals surface area contributed by atoms with E-state index >= 15 is 0 Å². The molecule has 0 unspecified atom stereocenters. The van der Waals surface area contributed by atoms with E-state index in [1.54, 1.807) is 23.6 Å². The molecule has 2 bridgehead atoms. The van der Waals surface area contributed by atoms with Crippen molar-refractivity contribution in [2.45, 2.75) is 31.3 Å². The minimum absolute atomic E-state index is 0.0137. The largest absolute Gasteiger partial charge is 0.379 e. The highest BCUT2D eigenvalue weighted by Gasteiger charge is 2.47. The third-order valence-corrected chi connectivity index (χ3v) is 7.08. The van der Waals surface area contributed by atoms with E-state index in [9.17, 15) is 14.4 Å². The van der Waals surface area contributed by atoms with Crippen LogP contribution in [0.15, 0.2) is 23.0 Å². The molecule has 0 radical (unpaired) electrons. The molecular formula is C21H28N4O4. The van der Waals surface area contributed by atoms with Crippen molar-refractivity contribution in [3.63, 3.8) is 0 Å². The van der Waals surface area contributed by atoms with Crippen molar-refractivity contribution in [2.24, 2.45) is 5.92 Å². The summed E-state index contributed by atoms with van der Waals surface area (Å²) in [5.74, 6) is 0.167. The predicted octanol–water partition coefficient (Wildman–Crippen LogP) is -0.102. The first-order valence-electron chi connectivity index (χ1n) is 10.6. The number of likely N-dealkylation sites (tertiary alicyclic amines) is 2. The van der Waals surface area contributed by atoms with E-state index in [0.717, 1.165) is 38.4 Å². The van der Waals surface area contributed by atoms with Crippen LogP contribution in [-0.4, -0.2) is 89.6 Å². The lowest BCUT2D eigenvalue weighted by atomic mass is 9.77. The Bertz CT molecular complexity index is 872. The van der Waals surface area contributed by atoms with Crippen molar-refractivity contribution in [3.05, 3.63) is 34.2 Å². The molecule has 0 spiro atoms. The molecule has 0 aliphatic carbocycles. The van der Waals surface area contributed by atoms with E-state index in [1.165, 1.54) is 0 Å². The second-order valence-corrected chi connectivity index (χ2v) is 8.77. The zero-order chi connectivity index (χ0) is 20.1. The Kier molecular flexibility index (Phi) is 4.70. The lowest BCUT2D eigenvalue weighted by Gasteiger charge is -2.51. The van der Waals surface area contributed by atoms with Gasteiger partial charge in [-0.25, -0.2) is 0 Å². The van der Waals surface area contributed by atoms with Crippen LogP contribution in [-0.2, 0) is 14.3 Å². The number of carbonyl (C=O) groups excluding carboxylic acids is 2. The van der Waals surface area contributed by atoms with E-state index < -0.39 is 6.04 Å². The van der Waals surface area contributed by atoms with Gasteiger partial charge in [0.25, 0.3) is 5.56 Å². The van der Waals surface area contributed by atoms with Gasteiger partial charge in [-0.05, 0) is 12.5 Å². The average molecular weight is 400 g/mol. The lowest BCUT2D eigenvalue weighted by molar-refractivity contribution is -0.149. The number of piperidine rings is 1. The molecule has 2 amide bonds. The number of pyridine rings is 1. The number of hydrogen-bond donors (Lipinski definition) is 0. The average Bonchev–Trinajstić information content (AvgIpc) is 2.68. The molecule has 0 N–H and O–H groups in total. The zero-order valence-corrected chi connectivity index (χ0v) is 16.8. The lowest BCUT2D eigenvalue weighted by Crippen LogP contribution is -2.65. The monoisotopic (exact) mass is 400 g/mol. The van der Waals surface area contributed by atoms with Crippen molar-refractivity contribution in [2.75, 3.05) is 52.5 Å². The van der Waals surface area contributed by atoms with Gasteiger partial charge >= 0.3 is 0 Å². The van der Waals surface area contributed by atoms with Crippen LogP contribution in [0.2, 0.25) is 0 Å². The molecule has 4 aliphatic rings. The molecule has 29 heavy (non-hydrogen) atoms. The van der Waals surface area contributed by atoms with Crippen molar-refractivity contribution in [1.29, 1.82) is 0 Å². The molecule has 1 aromatic rings. The Morgan fingerprint density at radius 3 is 2.52 bits per heavy atom. The van der Waals surface area contributed by atoms with Gasteiger partial charge < -0.3 is 14.5 Å². The molecule has 3 atom stereocenters. The Morgan fingerprint density at radius 2 is 1.79 bits per heavy atom. The van der Waals surface area contributed by atoms with Gasteiger partial charge in [0.2, 0.25) is 11.8 Å². The molecule has 4 aliphatic heterocycles. The standard InChI is InChI=1S/C21H28N4O4/c1-14(26)23-10-15-9-16(11-23)20(25-18(15)3-2-4-19(25)27)21(28)24-12-17(13-24)22-5-7-29-8-6-22/h2-4,15-17,20H,5-13H2,1H3/t15-,16+,20-/m1/s1. The number of fused-ring (bicyclic) bond motifs is 4. The van der Waals surface area contributed by atoms with Crippen molar-refractivity contribution >= 4 is 11.8 Å². The van der Waals surface area contributed by atoms with Crippen LogP contribution >= 0.6 is 0 Å². The number of hydrogen-bond acceptors (Lipinski definition) is 5. The van der Waals surface area contributed by atoms with E-state index in [4.69, 9.17) is 4.74 Å². The SMILES string of the molecule is CC(=O)N1C[C@H]2C[C@@H](C1)[C@H](C(=O)N1CC(N3CCOCC3)C1)n1c2cccc1=O. The summed E-state index contributed by atoms with van der Waals surface area (Å²) in [5, 5.41) is 0. The maximum absolute atomic E-state index is 13.5. The van der Waals surface area contributed by atoms with Gasteiger partial charge in [-0.15, -0.1) is 0 Å². The number of aromatic nitrogens is 1. The van der Waals surface area contributed by atoms with Crippen molar-refractivity contribution in [1.82, 2.24) is 19.3 Å². The number of carbonyl (C=O) groups is 2. The van der Waals surface area contributed by atoms with Crippen LogP contribution in [0.1, 0.15) is 31.0 Å². The van der Waals surface area contributed by atoms with Crippen molar-refractivity contribution in [3.8, 4) is 0 Å². The zero-order valence-electron chi connectivity index (χ0n) is 16.8. The first kappa shape index (κ1) is 18.8. The molecule has 8 nitrogen and oxygen atoms in total. The second-order valence-electron chi connectivity index (χ2n) is 8.77. The van der Waals surface area contributed by atoms with Gasteiger partial charge in [0, 0.05) is 75.8 Å². The van der Waals surface area contributed by atoms with Gasteiger partial charge in [-0.3, -0.25) is 23.9 Å². The fourth-order valence-electron chi connectivity index (χ4n) is 5.50. The third kappa shape index (κ3) is 3.18. The third-order valence-electron chi connectivity index (χ3n) is 7.08. The van der Waals surface area contributed by atoms with Crippen LogP contribution in [0.4, 0.5) is 0 Å². The van der Waals surface area contributed by atoms with Crippen LogP contribution in [0.25, 0.3) is 0 Å². The maximum atomic E-state index is 13.5. The molecule has 3 saturated heterocycles. The summed E-state index contributed by atoms with van der Waals surface area (Å²) < 4.78 is 7.15. The molecule has 8 heteroatoms. The van der Waals surface area contributed by atoms with E-state index in [-0.39, 0.29) is 29.2 Å². The van der Waals surface area contributed by atoms with E-state index in [1.807, 2.05) is 15.9 Å². The molecule has 3 fully saturated rings. The Balaban J connectivity index is 1.40. The fourth-order valence-corrected chi connectivity index (χ4v) is 5.50. The minimum Gasteiger partial charge on any atom is -0.379 e. The van der Waals surface area contributed by atoms with Crippen LogP contribution in [0.5, 0.6) is 0 Å². The highest BCUT2D eigenvalue weighted by atomic mass is 16.5. The van der Waals surface area contributed by atoms with Crippen molar-refractivity contribution < 1.29 is 14.3 Å². The molecule has 0 aromatic carbocycles. The summed E-state index contributed by atoms with van der Waals surface area (Å²) in [5.41, 5.74) is 0.778. The number of ether oxygens (including phenoxy) is 1. The van der Waals surface area contributed by atoms with Crippen LogP contribution in [0.3, 0.4) is 0 Å². The molecule has 1 aromatic heterocycles. The van der Waals surface area contributed by atoms with Gasteiger partial charge in [-0.1, -0.05) is 6.07 Å². The van der Waals surface area contributed by atoms with Gasteiger partial charge in [0.15, 0.2) is 0 Å². The minimum atomic E-state index is -0.511. The highest BCUT2D eigenvalue weighted by molar-refractivity contribution is 5.82. The first-order chi connectivity index (χ1) is 14.0. The summed E-state index contributed by atoms with van der Waals surface area (Å²) in [4.78, 5) is 44.4. The molecular weight excluding hydrogens is 372 g/mol. The predicted molar refractivity (Wildman–Crippen MR) is 106 cm³/mol. The molecule has 0 saturated carbocycles. The summed E-state index contributed by atoms with van der Waals surface area (Å²) in [6, 6.07) is 5.12.